The van der Waals surface area contributed by atoms with Crippen LogP contribution in [0.2, 0.25) is 0 Å². The highest BCUT2D eigenvalue weighted by atomic mass is 19.1. The first-order valence-electron chi connectivity index (χ1n) is 9.74. The molecule has 0 atom stereocenters. The van der Waals surface area contributed by atoms with Gasteiger partial charge in [0.2, 0.25) is 0 Å². The highest BCUT2D eigenvalue weighted by molar-refractivity contribution is 6.22. The molecule has 0 spiro atoms. The second-order valence-electron chi connectivity index (χ2n) is 7.08. The number of imide groups is 1. The maximum atomic E-state index is 14.3. The van der Waals surface area contributed by atoms with E-state index >= 15 is 0 Å². The second-order valence-corrected chi connectivity index (χ2v) is 7.08. The first kappa shape index (κ1) is 19.6. The van der Waals surface area contributed by atoms with Crippen molar-refractivity contribution in [2.45, 2.75) is 19.8 Å². The van der Waals surface area contributed by atoms with Gasteiger partial charge >= 0.3 is 0 Å². The predicted molar refractivity (Wildman–Crippen MR) is 110 cm³/mol. The van der Waals surface area contributed by atoms with Crippen LogP contribution in [0.1, 0.15) is 50.8 Å². The molecule has 0 radical (unpaired) electrons. The Kier molecular flexibility index (Phi) is 5.18. The lowest BCUT2D eigenvalue weighted by molar-refractivity contribution is 0.0652. The number of rotatable bonds is 6. The molecule has 7 heteroatoms. The van der Waals surface area contributed by atoms with Crippen molar-refractivity contribution in [3.63, 3.8) is 0 Å². The Labute approximate surface area is 172 Å². The summed E-state index contributed by atoms with van der Waals surface area (Å²) in [6.07, 6.45) is 5.20. The van der Waals surface area contributed by atoms with E-state index in [9.17, 15) is 18.8 Å². The molecular formula is C23H20FN3O3. The Morgan fingerprint density at radius 3 is 2.47 bits per heavy atom. The average molecular weight is 405 g/mol. The minimum absolute atomic E-state index is 0.0265. The van der Waals surface area contributed by atoms with Crippen LogP contribution in [0.3, 0.4) is 0 Å². The van der Waals surface area contributed by atoms with Crippen LogP contribution in [0.4, 0.5) is 10.1 Å². The number of unbranched alkanes of at least 4 members (excludes halogenated alkanes) is 1. The maximum absolute atomic E-state index is 14.3. The average Bonchev–Trinajstić information content (AvgIpc) is 3.36. The van der Waals surface area contributed by atoms with Crippen molar-refractivity contribution >= 4 is 23.4 Å². The number of carbonyl (C=O) groups is 3. The zero-order valence-electron chi connectivity index (χ0n) is 16.4. The monoisotopic (exact) mass is 405 g/mol. The number of halogens is 1. The summed E-state index contributed by atoms with van der Waals surface area (Å²) in [7, 11) is 0. The Bertz CT molecular complexity index is 1140. The summed E-state index contributed by atoms with van der Waals surface area (Å²) >= 11 is 0. The molecule has 152 valence electrons. The summed E-state index contributed by atoms with van der Waals surface area (Å²) in [5, 5.41) is 2.55. The molecule has 1 aliphatic heterocycles. The summed E-state index contributed by atoms with van der Waals surface area (Å²) in [6, 6.07) is 12.4. The van der Waals surface area contributed by atoms with E-state index < -0.39 is 17.6 Å². The van der Waals surface area contributed by atoms with Gasteiger partial charge in [0.25, 0.3) is 17.7 Å². The van der Waals surface area contributed by atoms with Gasteiger partial charge in [0.05, 0.1) is 16.8 Å². The number of carbonyl (C=O) groups excluding carboxylic acids is 3. The largest absolute Gasteiger partial charge is 0.324 e. The molecule has 0 saturated carbocycles. The zero-order valence-corrected chi connectivity index (χ0v) is 16.4. The molecule has 0 aliphatic carbocycles. The van der Waals surface area contributed by atoms with Crippen molar-refractivity contribution in [1.82, 2.24) is 9.47 Å². The van der Waals surface area contributed by atoms with Crippen LogP contribution in [0, 0.1) is 5.82 Å². The van der Waals surface area contributed by atoms with Gasteiger partial charge in [0.1, 0.15) is 5.82 Å². The molecule has 6 nitrogen and oxygen atoms in total. The lowest BCUT2D eigenvalue weighted by Gasteiger charge is -2.12. The van der Waals surface area contributed by atoms with Crippen LogP contribution in [-0.2, 0) is 0 Å². The number of aromatic nitrogens is 1. The highest BCUT2D eigenvalue weighted by Gasteiger charge is 2.35. The number of hydrogen-bond acceptors (Lipinski definition) is 3. The first-order valence-corrected chi connectivity index (χ1v) is 9.74. The molecule has 4 rings (SSSR count). The number of nitrogens with one attached hydrogen (secondary N) is 1. The lowest BCUT2D eigenvalue weighted by atomic mass is 10.1. The lowest BCUT2D eigenvalue weighted by Crippen LogP contribution is -2.30. The van der Waals surface area contributed by atoms with E-state index in [-0.39, 0.29) is 28.3 Å². The molecule has 1 N–H and O–H groups in total. The van der Waals surface area contributed by atoms with Crippen molar-refractivity contribution in [1.29, 1.82) is 0 Å². The molecule has 30 heavy (non-hydrogen) atoms. The Hall–Kier alpha value is -3.74. The van der Waals surface area contributed by atoms with Crippen LogP contribution < -0.4 is 5.32 Å². The van der Waals surface area contributed by atoms with Gasteiger partial charge < -0.3 is 9.88 Å². The number of anilines is 1. The molecule has 0 fully saturated rings. The Morgan fingerprint density at radius 2 is 1.73 bits per heavy atom. The molecule has 1 aromatic heterocycles. The Balaban J connectivity index is 1.58. The van der Waals surface area contributed by atoms with Crippen molar-refractivity contribution < 1.29 is 18.8 Å². The summed E-state index contributed by atoms with van der Waals surface area (Å²) in [5.41, 5.74) is 1.38. The molecule has 0 saturated heterocycles. The molecule has 2 heterocycles. The minimum atomic E-state index is -0.572. The van der Waals surface area contributed by atoms with Crippen LogP contribution in [0.25, 0.3) is 5.69 Å². The SMILES string of the molecule is CCCCN1C(=O)c2ccc(C(=O)Nc3cc(-n4cccc4)ccc3F)cc2C1=O. The zero-order chi connectivity index (χ0) is 21.3. The van der Waals surface area contributed by atoms with Crippen molar-refractivity contribution in [2.75, 3.05) is 11.9 Å². The first-order chi connectivity index (χ1) is 14.5. The minimum Gasteiger partial charge on any atom is -0.324 e. The number of hydrogen-bond donors (Lipinski definition) is 1. The highest BCUT2D eigenvalue weighted by Crippen LogP contribution is 2.25. The van der Waals surface area contributed by atoms with Crippen LogP contribution >= 0.6 is 0 Å². The van der Waals surface area contributed by atoms with Gasteiger partial charge in [-0.2, -0.15) is 0 Å². The van der Waals surface area contributed by atoms with E-state index in [4.69, 9.17) is 0 Å². The second kappa shape index (κ2) is 7.94. The van der Waals surface area contributed by atoms with Crippen molar-refractivity contribution in [3.05, 3.63) is 83.4 Å². The third-order valence-electron chi connectivity index (χ3n) is 5.07. The molecular weight excluding hydrogens is 385 g/mol. The van der Waals surface area contributed by atoms with Gasteiger partial charge in [0.15, 0.2) is 0 Å². The molecule has 3 aromatic rings. The van der Waals surface area contributed by atoms with Gasteiger partial charge in [-0.15, -0.1) is 0 Å². The molecule has 0 unspecified atom stereocenters. The normalized spacial score (nSPS) is 12.9. The van der Waals surface area contributed by atoms with Crippen LogP contribution in [0.15, 0.2) is 60.9 Å². The number of nitrogens with zero attached hydrogens (tertiary/aromatic N) is 2. The van der Waals surface area contributed by atoms with Gasteiger partial charge in [-0.3, -0.25) is 19.3 Å². The topological polar surface area (TPSA) is 71.4 Å². The molecule has 2 aromatic carbocycles. The summed E-state index contributed by atoms with van der Waals surface area (Å²) < 4.78 is 16.1. The van der Waals surface area contributed by atoms with E-state index in [0.29, 0.717) is 12.2 Å². The van der Waals surface area contributed by atoms with Crippen LogP contribution in [-0.4, -0.2) is 33.7 Å². The third-order valence-corrected chi connectivity index (χ3v) is 5.07. The third kappa shape index (κ3) is 3.50. The fourth-order valence-electron chi connectivity index (χ4n) is 3.42. The molecule has 3 amide bonds. The van der Waals surface area contributed by atoms with Crippen LogP contribution in [0.5, 0.6) is 0 Å². The van der Waals surface area contributed by atoms with Gasteiger partial charge in [0, 0.05) is 30.2 Å². The van der Waals surface area contributed by atoms with Gasteiger partial charge in [-0.05, 0) is 55.0 Å². The molecule has 0 bridgehead atoms. The molecule has 1 aliphatic rings. The van der Waals surface area contributed by atoms with E-state index in [0.717, 1.165) is 12.8 Å². The summed E-state index contributed by atoms with van der Waals surface area (Å²) in [5.74, 6) is -1.88. The Morgan fingerprint density at radius 1 is 1.00 bits per heavy atom. The van der Waals surface area contributed by atoms with E-state index in [2.05, 4.69) is 5.32 Å². The van der Waals surface area contributed by atoms with E-state index in [1.807, 2.05) is 31.5 Å². The van der Waals surface area contributed by atoms with Gasteiger partial charge in [-0.1, -0.05) is 13.3 Å². The van der Waals surface area contributed by atoms with E-state index in [1.165, 1.54) is 35.2 Å². The quantitative estimate of drug-likeness (QED) is 0.623. The number of fused-ring (bicyclic) bond motifs is 1. The van der Waals surface area contributed by atoms with Crippen molar-refractivity contribution in [3.8, 4) is 5.69 Å². The van der Waals surface area contributed by atoms with Gasteiger partial charge in [-0.25, -0.2) is 4.39 Å². The fourth-order valence-corrected chi connectivity index (χ4v) is 3.42. The number of benzene rings is 2. The summed E-state index contributed by atoms with van der Waals surface area (Å²) in [6.45, 7) is 2.33. The number of amides is 3. The van der Waals surface area contributed by atoms with E-state index in [1.54, 1.807) is 10.6 Å². The predicted octanol–water partition coefficient (Wildman–Crippen LogP) is 4.26. The standard InChI is InChI=1S/C23H20FN3O3/c1-2-3-12-27-22(29)17-8-6-15(13-18(17)23(27)30)21(28)25-20-14-16(7-9-19(20)24)26-10-4-5-11-26/h4-11,13-14H,2-3,12H2,1H3,(H,25,28). The smallest absolute Gasteiger partial charge is 0.261 e. The summed E-state index contributed by atoms with van der Waals surface area (Å²) in [4.78, 5) is 38.9. The fraction of sp³-hybridized carbons (Fsp3) is 0.174. The maximum Gasteiger partial charge on any atom is 0.261 e. The van der Waals surface area contributed by atoms with Crippen molar-refractivity contribution in [2.24, 2.45) is 0 Å².